The highest BCUT2D eigenvalue weighted by atomic mass is 16.7. The first kappa shape index (κ1) is 19.9. The molecule has 0 aliphatic carbocycles. The van der Waals surface area contributed by atoms with E-state index in [2.05, 4.69) is 4.74 Å². The number of hydrogen-bond acceptors (Lipinski definition) is 6. The second-order valence-corrected chi connectivity index (χ2v) is 6.32. The van der Waals surface area contributed by atoms with E-state index >= 15 is 0 Å². The third kappa shape index (κ3) is 6.08. The smallest absolute Gasteiger partial charge is 0.306 e. The lowest BCUT2D eigenvalue weighted by molar-refractivity contribution is -0.300. The van der Waals surface area contributed by atoms with Crippen LogP contribution in [0.1, 0.15) is 46.5 Å². The minimum Gasteiger partial charge on any atom is -0.469 e. The van der Waals surface area contributed by atoms with Gasteiger partial charge in [-0.2, -0.15) is 0 Å². The first-order chi connectivity index (χ1) is 10.8. The summed E-state index contributed by atoms with van der Waals surface area (Å²) in [5, 5.41) is 9.40. The van der Waals surface area contributed by atoms with Crippen LogP contribution >= 0.6 is 0 Å². The Morgan fingerprint density at radius 3 is 2.30 bits per heavy atom. The molecule has 1 aliphatic heterocycles. The Morgan fingerprint density at radius 1 is 1.22 bits per heavy atom. The molecule has 0 unspecified atom stereocenters. The molecule has 0 aromatic rings. The van der Waals surface area contributed by atoms with E-state index in [9.17, 15) is 14.7 Å². The minimum atomic E-state index is -0.778. The molecule has 0 saturated carbocycles. The third-order valence-electron chi connectivity index (χ3n) is 3.90. The lowest BCUT2D eigenvalue weighted by Crippen LogP contribution is -2.53. The quantitative estimate of drug-likeness (QED) is 0.529. The summed E-state index contributed by atoms with van der Waals surface area (Å²) < 4.78 is 16.4. The van der Waals surface area contributed by atoms with Gasteiger partial charge in [-0.25, -0.2) is 0 Å². The average molecular weight is 331 g/mol. The SMILES string of the molecule is CCOC1(OC(C)(C)CO)CCN(C(=O)CCC(=O)OC)CC1. The number of aliphatic hydroxyl groups is 1. The predicted molar refractivity (Wildman–Crippen MR) is 83.7 cm³/mol. The Hall–Kier alpha value is -1.18. The van der Waals surface area contributed by atoms with Crippen molar-refractivity contribution in [2.45, 2.75) is 57.8 Å². The van der Waals surface area contributed by atoms with Crippen LogP contribution < -0.4 is 0 Å². The van der Waals surface area contributed by atoms with E-state index in [0.29, 0.717) is 32.5 Å². The molecule has 23 heavy (non-hydrogen) atoms. The van der Waals surface area contributed by atoms with Crippen molar-refractivity contribution in [2.24, 2.45) is 0 Å². The first-order valence-electron chi connectivity index (χ1n) is 8.07. The Morgan fingerprint density at radius 2 is 1.83 bits per heavy atom. The number of amides is 1. The number of piperidine rings is 1. The number of esters is 1. The molecule has 1 saturated heterocycles. The second-order valence-electron chi connectivity index (χ2n) is 6.32. The van der Waals surface area contributed by atoms with Gasteiger partial charge in [-0.1, -0.05) is 0 Å². The van der Waals surface area contributed by atoms with Crippen molar-refractivity contribution in [1.82, 2.24) is 4.90 Å². The molecule has 7 nitrogen and oxygen atoms in total. The third-order valence-corrected chi connectivity index (χ3v) is 3.90. The molecule has 1 amide bonds. The van der Waals surface area contributed by atoms with Crippen LogP contribution in [0.25, 0.3) is 0 Å². The zero-order chi connectivity index (χ0) is 17.5. The van der Waals surface area contributed by atoms with Crippen LogP contribution in [0.2, 0.25) is 0 Å². The van der Waals surface area contributed by atoms with Crippen LogP contribution in [-0.4, -0.2) is 66.7 Å². The number of likely N-dealkylation sites (tertiary alicyclic amines) is 1. The normalized spacial score (nSPS) is 17.9. The van der Waals surface area contributed by atoms with Gasteiger partial charge in [0, 0.05) is 39.0 Å². The summed E-state index contributed by atoms with van der Waals surface area (Å²) in [6.45, 7) is 6.90. The molecular weight excluding hydrogens is 302 g/mol. The number of nitrogens with zero attached hydrogens (tertiary/aromatic N) is 1. The fraction of sp³-hybridized carbons (Fsp3) is 0.875. The van der Waals surface area contributed by atoms with Gasteiger partial charge in [-0.05, 0) is 20.8 Å². The van der Waals surface area contributed by atoms with Crippen molar-refractivity contribution in [3.8, 4) is 0 Å². The van der Waals surface area contributed by atoms with Crippen molar-refractivity contribution in [2.75, 3.05) is 33.4 Å². The van der Waals surface area contributed by atoms with Gasteiger partial charge in [0.2, 0.25) is 5.91 Å². The maximum Gasteiger partial charge on any atom is 0.306 e. The van der Waals surface area contributed by atoms with Gasteiger partial charge in [0.15, 0.2) is 5.79 Å². The Balaban J connectivity index is 2.58. The molecule has 7 heteroatoms. The maximum atomic E-state index is 12.1. The molecule has 0 aromatic heterocycles. The summed E-state index contributed by atoms with van der Waals surface area (Å²) in [7, 11) is 1.31. The number of methoxy groups -OCH3 is 1. The van der Waals surface area contributed by atoms with Crippen LogP contribution in [0.4, 0.5) is 0 Å². The molecule has 1 N–H and O–H groups in total. The van der Waals surface area contributed by atoms with E-state index in [0.717, 1.165) is 0 Å². The standard InChI is InChI=1S/C16H29NO6/c1-5-22-16(23-15(2,3)12-18)8-10-17(11-9-16)13(19)6-7-14(20)21-4/h18H,5-12H2,1-4H3. The summed E-state index contributed by atoms with van der Waals surface area (Å²) >= 11 is 0. The summed E-state index contributed by atoms with van der Waals surface area (Å²) in [6, 6.07) is 0. The summed E-state index contributed by atoms with van der Waals surface area (Å²) in [5.41, 5.74) is -0.702. The van der Waals surface area contributed by atoms with Crippen molar-refractivity contribution >= 4 is 11.9 Å². The number of aliphatic hydroxyl groups excluding tert-OH is 1. The van der Waals surface area contributed by atoms with Crippen LogP contribution in [0, 0.1) is 0 Å². The fourth-order valence-electron chi connectivity index (χ4n) is 2.64. The van der Waals surface area contributed by atoms with Gasteiger partial charge in [-0.3, -0.25) is 9.59 Å². The van der Waals surface area contributed by atoms with Crippen molar-refractivity contribution < 1.29 is 28.9 Å². The van der Waals surface area contributed by atoms with Crippen molar-refractivity contribution in [3.63, 3.8) is 0 Å². The van der Waals surface area contributed by atoms with Crippen LogP contribution in [0.5, 0.6) is 0 Å². The highest BCUT2D eigenvalue weighted by molar-refractivity contribution is 5.81. The maximum absolute atomic E-state index is 12.1. The predicted octanol–water partition coefficient (Wildman–Crippen LogP) is 1.08. The van der Waals surface area contributed by atoms with Gasteiger partial charge in [0.1, 0.15) is 0 Å². The van der Waals surface area contributed by atoms with Crippen molar-refractivity contribution in [3.05, 3.63) is 0 Å². The lowest BCUT2D eigenvalue weighted by Gasteiger charge is -2.44. The topological polar surface area (TPSA) is 85.3 Å². The Kier molecular flexibility index (Phi) is 7.44. The highest BCUT2D eigenvalue weighted by Crippen LogP contribution is 2.32. The molecule has 1 fully saturated rings. The number of carbonyl (C=O) groups is 2. The van der Waals surface area contributed by atoms with Gasteiger partial charge in [0.05, 0.1) is 25.7 Å². The molecule has 0 bridgehead atoms. The summed E-state index contributed by atoms with van der Waals surface area (Å²) in [6.07, 6.45) is 1.32. The molecule has 1 aliphatic rings. The van der Waals surface area contributed by atoms with Crippen LogP contribution in [0.3, 0.4) is 0 Å². The van der Waals surface area contributed by atoms with Crippen LogP contribution in [-0.2, 0) is 23.8 Å². The van der Waals surface area contributed by atoms with Gasteiger partial charge in [0.25, 0.3) is 0 Å². The van der Waals surface area contributed by atoms with E-state index in [1.165, 1.54) is 7.11 Å². The fourth-order valence-corrected chi connectivity index (χ4v) is 2.64. The molecule has 0 atom stereocenters. The van der Waals surface area contributed by atoms with Gasteiger partial charge < -0.3 is 24.2 Å². The largest absolute Gasteiger partial charge is 0.469 e. The first-order valence-corrected chi connectivity index (χ1v) is 8.07. The van der Waals surface area contributed by atoms with E-state index in [1.54, 1.807) is 4.90 Å². The highest BCUT2D eigenvalue weighted by Gasteiger charge is 2.41. The molecule has 0 spiro atoms. The summed E-state index contributed by atoms with van der Waals surface area (Å²) in [5.74, 6) is -1.23. The van der Waals surface area contributed by atoms with E-state index in [4.69, 9.17) is 9.47 Å². The zero-order valence-corrected chi connectivity index (χ0v) is 14.6. The average Bonchev–Trinajstić information content (AvgIpc) is 2.52. The Labute approximate surface area is 137 Å². The van der Waals surface area contributed by atoms with E-state index in [1.807, 2.05) is 20.8 Å². The molecular formula is C16H29NO6. The molecule has 0 aromatic carbocycles. The second kappa shape index (κ2) is 8.61. The minimum absolute atomic E-state index is 0.0677. The summed E-state index contributed by atoms with van der Waals surface area (Å²) in [4.78, 5) is 25.0. The molecule has 1 rings (SSSR count). The molecule has 134 valence electrons. The number of carbonyl (C=O) groups excluding carboxylic acids is 2. The number of hydrogen-bond donors (Lipinski definition) is 1. The molecule has 0 radical (unpaired) electrons. The monoisotopic (exact) mass is 331 g/mol. The zero-order valence-electron chi connectivity index (χ0n) is 14.6. The van der Waals surface area contributed by atoms with E-state index in [-0.39, 0.29) is 31.3 Å². The van der Waals surface area contributed by atoms with E-state index < -0.39 is 11.4 Å². The Bertz CT molecular complexity index is 401. The lowest BCUT2D eigenvalue weighted by atomic mass is 10.0. The number of rotatable bonds is 8. The van der Waals surface area contributed by atoms with Gasteiger partial charge >= 0.3 is 5.97 Å². The van der Waals surface area contributed by atoms with Crippen LogP contribution in [0.15, 0.2) is 0 Å². The number of ether oxygens (including phenoxy) is 3. The van der Waals surface area contributed by atoms with Crippen molar-refractivity contribution in [1.29, 1.82) is 0 Å². The molecule has 1 heterocycles. The van der Waals surface area contributed by atoms with Gasteiger partial charge in [-0.15, -0.1) is 0 Å².